The van der Waals surface area contributed by atoms with Crippen LogP contribution in [-0.2, 0) is 0 Å². The minimum absolute atomic E-state index is 0.320. The Labute approximate surface area is 117 Å². The highest BCUT2D eigenvalue weighted by molar-refractivity contribution is 5.32. The number of allylic oxidation sites excluding steroid dienone is 1. The van der Waals surface area contributed by atoms with Crippen molar-refractivity contribution in [2.45, 2.75) is 58.9 Å². The number of hydrogen-bond donors (Lipinski definition) is 1. The van der Waals surface area contributed by atoms with Crippen LogP contribution in [0.1, 0.15) is 61.9 Å². The molecule has 0 spiro atoms. The summed E-state index contributed by atoms with van der Waals surface area (Å²) in [6.07, 6.45) is 10.7. The normalized spacial score (nSPS) is 17.1. The molecule has 0 aromatic carbocycles. The van der Waals surface area contributed by atoms with Gasteiger partial charge in [0.15, 0.2) is 0 Å². The van der Waals surface area contributed by atoms with Crippen molar-refractivity contribution in [2.75, 3.05) is 6.54 Å². The quantitative estimate of drug-likeness (QED) is 0.799. The Morgan fingerprint density at radius 3 is 2.79 bits per heavy atom. The zero-order chi connectivity index (χ0) is 13.7. The molecule has 0 saturated carbocycles. The molecule has 2 nitrogen and oxygen atoms in total. The van der Waals surface area contributed by atoms with Crippen molar-refractivity contribution in [3.05, 3.63) is 40.7 Å². The first-order chi connectivity index (χ1) is 9.22. The molecule has 1 heterocycles. The molecule has 0 amide bonds. The Morgan fingerprint density at radius 1 is 1.32 bits per heavy atom. The number of aromatic nitrogens is 1. The molecule has 1 unspecified atom stereocenters. The molecule has 1 aliphatic rings. The Kier molecular flexibility index (Phi) is 5.15. The molecule has 0 fully saturated rings. The predicted octanol–water partition coefficient (Wildman–Crippen LogP) is 4.24. The van der Waals surface area contributed by atoms with Crippen molar-refractivity contribution >= 4 is 0 Å². The lowest BCUT2D eigenvalue weighted by Gasteiger charge is -2.25. The van der Waals surface area contributed by atoms with Gasteiger partial charge in [-0.3, -0.25) is 4.98 Å². The molecule has 19 heavy (non-hydrogen) atoms. The first kappa shape index (κ1) is 14.3. The number of rotatable bonds is 5. The summed E-state index contributed by atoms with van der Waals surface area (Å²) < 4.78 is 0. The molecule has 0 saturated heterocycles. The zero-order valence-electron chi connectivity index (χ0n) is 12.5. The summed E-state index contributed by atoms with van der Waals surface area (Å²) >= 11 is 0. The number of aryl methyl sites for hydroxylation is 2. The molecule has 0 radical (unpaired) electrons. The van der Waals surface area contributed by atoms with Crippen molar-refractivity contribution < 1.29 is 0 Å². The minimum Gasteiger partial charge on any atom is -0.305 e. The van der Waals surface area contributed by atoms with Gasteiger partial charge in [-0.05, 0) is 63.6 Å². The molecular formula is C17H26N2. The van der Waals surface area contributed by atoms with Crippen molar-refractivity contribution in [1.29, 1.82) is 0 Å². The van der Waals surface area contributed by atoms with Crippen LogP contribution in [0.2, 0.25) is 0 Å². The Bertz CT molecular complexity index is 449. The molecular weight excluding hydrogens is 232 g/mol. The van der Waals surface area contributed by atoms with E-state index >= 15 is 0 Å². The SMILES string of the molecule is CCCNC(C1=CCCCC1)c1ncc(C)cc1C. The van der Waals surface area contributed by atoms with E-state index in [9.17, 15) is 0 Å². The van der Waals surface area contributed by atoms with Gasteiger partial charge in [0.25, 0.3) is 0 Å². The topological polar surface area (TPSA) is 24.9 Å². The van der Waals surface area contributed by atoms with E-state index < -0.39 is 0 Å². The predicted molar refractivity (Wildman–Crippen MR) is 81.3 cm³/mol. The molecule has 2 heteroatoms. The van der Waals surface area contributed by atoms with Gasteiger partial charge in [-0.25, -0.2) is 0 Å². The van der Waals surface area contributed by atoms with Crippen LogP contribution in [0.25, 0.3) is 0 Å². The highest BCUT2D eigenvalue weighted by atomic mass is 14.9. The van der Waals surface area contributed by atoms with Gasteiger partial charge >= 0.3 is 0 Å². The molecule has 104 valence electrons. The van der Waals surface area contributed by atoms with Crippen LogP contribution in [0.5, 0.6) is 0 Å². The fourth-order valence-corrected chi connectivity index (χ4v) is 2.85. The molecule has 1 aromatic heterocycles. The van der Waals surface area contributed by atoms with Crippen LogP contribution < -0.4 is 5.32 Å². The third kappa shape index (κ3) is 3.66. The molecule has 1 atom stereocenters. The summed E-state index contributed by atoms with van der Waals surface area (Å²) in [6, 6.07) is 2.56. The average Bonchev–Trinajstić information content (AvgIpc) is 2.42. The average molecular weight is 258 g/mol. The summed E-state index contributed by atoms with van der Waals surface area (Å²) in [5.41, 5.74) is 5.31. The highest BCUT2D eigenvalue weighted by Crippen LogP contribution is 2.30. The molecule has 0 bridgehead atoms. The van der Waals surface area contributed by atoms with E-state index in [0.29, 0.717) is 6.04 Å². The maximum atomic E-state index is 4.70. The lowest BCUT2D eigenvalue weighted by Crippen LogP contribution is -2.26. The van der Waals surface area contributed by atoms with Gasteiger partial charge in [-0.1, -0.05) is 24.6 Å². The monoisotopic (exact) mass is 258 g/mol. The maximum absolute atomic E-state index is 4.70. The van der Waals surface area contributed by atoms with Gasteiger partial charge < -0.3 is 5.32 Å². The minimum atomic E-state index is 0.320. The summed E-state index contributed by atoms with van der Waals surface area (Å²) in [4.78, 5) is 4.70. The summed E-state index contributed by atoms with van der Waals surface area (Å²) in [6.45, 7) is 7.56. The van der Waals surface area contributed by atoms with Crippen LogP contribution >= 0.6 is 0 Å². The van der Waals surface area contributed by atoms with Gasteiger partial charge in [0.1, 0.15) is 0 Å². The molecule has 1 N–H and O–H groups in total. The fraction of sp³-hybridized carbons (Fsp3) is 0.588. The zero-order valence-corrected chi connectivity index (χ0v) is 12.5. The van der Waals surface area contributed by atoms with Crippen molar-refractivity contribution in [3.63, 3.8) is 0 Å². The smallest absolute Gasteiger partial charge is 0.0713 e. The molecule has 1 aliphatic carbocycles. The van der Waals surface area contributed by atoms with Crippen LogP contribution in [-0.4, -0.2) is 11.5 Å². The lowest BCUT2D eigenvalue weighted by molar-refractivity contribution is 0.535. The van der Waals surface area contributed by atoms with Gasteiger partial charge in [0.05, 0.1) is 11.7 Å². The van der Waals surface area contributed by atoms with E-state index in [-0.39, 0.29) is 0 Å². The third-order valence-electron chi connectivity index (χ3n) is 3.82. The van der Waals surface area contributed by atoms with Gasteiger partial charge in [0, 0.05) is 6.20 Å². The maximum Gasteiger partial charge on any atom is 0.0713 e. The Balaban J connectivity index is 2.27. The van der Waals surface area contributed by atoms with Gasteiger partial charge in [-0.15, -0.1) is 0 Å². The standard InChI is InChI=1S/C17H26N2/c1-4-10-18-17(15-8-6-5-7-9-15)16-14(3)11-13(2)12-19-16/h8,11-12,17-18H,4-7,9-10H2,1-3H3. The highest BCUT2D eigenvalue weighted by Gasteiger charge is 2.20. The van der Waals surface area contributed by atoms with Crippen LogP contribution in [0, 0.1) is 13.8 Å². The van der Waals surface area contributed by atoms with E-state index in [1.807, 2.05) is 6.20 Å². The second-order valence-electron chi connectivity index (χ2n) is 5.63. The van der Waals surface area contributed by atoms with Gasteiger partial charge in [-0.2, -0.15) is 0 Å². The van der Waals surface area contributed by atoms with E-state index in [4.69, 9.17) is 4.98 Å². The van der Waals surface area contributed by atoms with Crippen molar-refractivity contribution in [2.24, 2.45) is 0 Å². The van der Waals surface area contributed by atoms with Crippen molar-refractivity contribution in [1.82, 2.24) is 10.3 Å². The lowest BCUT2D eigenvalue weighted by atomic mass is 9.90. The third-order valence-corrected chi connectivity index (χ3v) is 3.82. The number of nitrogens with one attached hydrogen (secondary N) is 1. The first-order valence-electron chi connectivity index (χ1n) is 7.57. The molecule has 1 aromatic rings. The number of pyridine rings is 1. The largest absolute Gasteiger partial charge is 0.305 e. The summed E-state index contributed by atoms with van der Waals surface area (Å²) in [7, 11) is 0. The van der Waals surface area contributed by atoms with E-state index in [0.717, 1.165) is 13.0 Å². The van der Waals surface area contributed by atoms with Crippen LogP contribution in [0.15, 0.2) is 23.9 Å². The van der Waals surface area contributed by atoms with E-state index in [2.05, 4.69) is 38.2 Å². The second-order valence-corrected chi connectivity index (χ2v) is 5.63. The molecule has 0 aliphatic heterocycles. The van der Waals surface area contributed by atoms with E-state index in [1.165, 1.54) is 42.5 Å². The first-order valence-corrected chi connectivity index (χ1v) is 7.57. The molecule has 2 rings (SSSR count). The number of nitrogens with zero attached hydrogens (tertiary/aromatic N) is 1. The Morgan fingerprint density at radius 2 is 2.16 bits per heavy atom. The van der Waals surface area contributed by atoms with Crippen LogP contribution in [0.4, 0.5) is 0 Å². The second kappa shape index (κ2) is 6.85. The Hall–Kier alpha value is -1.15. The number of hydrogen-bond acceptors (Lipinski definition) is 2. The van der Waals surface area contributed by atoms with E-state index in [1.54, 1.807) is 5.57 Å². The fourth-order valence-electron chi connectivity index (χ4n) is 2.85. The summed E-state index contributed by atoms with van der Waals surface area (Å²) in [5, 5.41) is 3.68. The summed E-state index contributed by atoms with van der Waals surface area (Å²) in [5.74, 6) is 0. The van der Waals surface area contributed by atoms with Crippen molar-refractivity contribution in [3.8, 4) is 0 Å². The van der Waals surface area contributed by atoms with Gasteiger partial charge in [0.2, 0.25) is 0 Å². The van der Waals surface area contributed by atoms with Crippen LogP contribution in [0.3, 0.4) is 0 Å².